The highest BCUT2D eigenvalue weighted by Crippen LogP contribution is 1.96. The van der Waals surface area contributed by atoms with Gasteiger partial charge < -0.3 is 5.73 Å². The molecule has 0 bridgehead atoms. The van der Waals surface area contributed by atoms with Crippen molar-refractivity contribution in [3.8, 4) is 0 Å². The summed E-state index contributed by atoms with van der Waals surface area (Å²) in [6.07, 6.45) is 4.32. The van der Waals surface area contributed by atoms with Crippen molar-refractivity contribution in [2.75, 3.05) is 6.54 Å². The van der Waals surface area contributed by atoms with E-state index < -0.39 is 0 Å². The Hall–Kier alpha value is -0.480. The summed E-state index contributed by atoms with van der Waals surface area (Å²) in [7, 11) is 0. The van der Waals surface area contributed by atoms with Gasteiger partial charge in [0.25, 0.3) is 0 Å². The Morgan fingerprint density at radius 2 is 2.56 bits per heavy atom. The van der Waals surface area contributed by atoms with Crippen molar-refractivity contribution in [2.45, 2.75) is 6.42 Å². The topological polar surface area (TPSA) is 43.8 Å². The molecule has 9 heavy (non-hydrogen) atoms. The van der Waals surface area contributed by atoms with Crippen LogP contribution in [0.4, 0.5) is 0 Å². The van der Waals surface area contributed by atoms with Crippen molar-refractivity contribution < 1.29 is 0 Å². The lowest BCUT2D eigenvalue weighted by Crippen LogP contribution is -2.02. The first-order valence-electron chi connectivity index (χ1n) is 2.75. The minimum atomic E-state index is 0.644. The second-order valence-electron chi connectivity index (χ2n) is 1.78. The molecule has 0 aliphatic rings. The van der Waals surface area contributed by atoms with E-state index in [2.05, 4.69) is 17.8 Å². The van der Waals surface area contributed by atoms with E-state index in [0.29, 0.717) is 6.54 Å². The summed E-state index contributed by atoms with van der Waals surface area (Å²) in [5.41, 5.74) is 6.29. The molecule has 0 fully saturated rings. The molecule has 0 saturated carbocycles. The van der Waals surface area contributed by atoms with Crippen LogP contribution in [0.2, 0.25) is 0 Å². The molecule has 1 heterocycles. The zero-order valence-corrected chi connectivity index (χ0v) is 5.88. The lowest BCUT2D eigenvalue weighted by molar-refractivity contribution is 0.935. The highest BCUT2D eigenvalue weighted by atomic mass is 32.1. The third-order valence-electron chi connectivity index (χ3n) is 1.02. The van der Waals surface area contributed by atoms with Gasteiger partial charge in [0, 0.05) is 12.6 Å². The first kappa shape index (κ1) is 6.64. The first-order valence-corrected chi connectivity index (χ1v) is 3.15. The van der Waals surface area contributed by atoms with Gasteiger partial charge in [-0.05, 0) is 6.54 Å². The number of nitrogens with two attached hydrogens (primary N) is 1. The fourth-order valence-corrected chi connectivity index (χ4v) is 0.815. The Bertz CT molecular complexity index is 184. The second kappa shape index (κ2) is 2.89. The van der Waals surface area contributed by atoms with Crippen molar-refractivity contribution in [2.24, 2.45) is 5.73 Å². The molecule has 4 heteroatoms. The van der Waals surface area contributed by atoms with Crippen LogP contribution in [-0.2, 0) is 6.42 Å². The van der Waals surface area contributed by atoms with E-state index >= 15 is 0 Å². The number of imidazole rings is 1. The van der Waals surface area contributed by atoms with Gasteiger partial charge in [-0.3, -0.25) is 3.97 Å². The van der Waals surface area contributed by atoms with Gasteiger partial charge in [-0.15, -0.1) is 0 Å². The Labute approximate surface area is 59.4 Å². The minimum Gasteiger partial charge on any atom is -0.330 e. The lowest BCUT2D eigenvalue weighted by atomic mass is 10.3. The Morgan fingerprint density at radius 3 is 3.00 bits per heavy atom. The van der Waals surface area contributed by atoms with E-state index in [0.717, 1.165) is 12.1 Å². The number of nitrogens with zero attached hydrogens (tertiary/aromatic N) is 2. The quantitative estimate of drug-likeness (QED) is 0.576. The van der Waals surface area contributed by atoms with Crippen molar-refractivity contribution in [3.05, 3.63) is 18.2 Å². The molecule has 3 nitrogen and oxygen atoms in total. The second-order valence-corrected chi connectivity index (χ2v) is 2.25. The van der Waals surface area contributed by atoms with Crippen LogP contribution in [0, 0.1) is 0 Å². The molecular formula is C5H9N3S. The molecule has 0 aromatic carbocycles. The maximum Gasteiger partial charge on any atom is 0.105 e. The van der Waals surface area contributed by atoms with Crippen molar-refractivity contribution in [1.82, 2.24) is 8.96 Å². The summed E-state index contributed by atoms with van der Waals surface area (Å²) in [5, 5.41) is 0. The van der Waals surface area contributed by atoms with Crippen LogP contribution in [0.3, 0.4) is 0 Å². The molecule has 0 aliphatic carbocycles. The van der Waals surface area contributed by atoms with Crippen LogP contribution in [0.25, 0.3) is 0 Å². The largest absolute Gasteiger partial charge is 0.330 e. The summed E-state index contributed by atoms with van der Waals surface area (Å²) in [5.74, 6) is 0. The molecule has 0 spiro atoms. The molecule has 2 N–H and O–H groups in total. The predicted molar refractivity (Wildman–Crippen MR) is 39.4 cm³/mol. The molecule has 0 radical (unpaired) electrons. The first-order chi connectivity index (χ1) is 4.33. The molecule has 50 valence electrons. The molecule has 1 aromatic heterocycles. The highest BCUT2D eigenvalue weighted by molar-refractivity contribution is 7.78. The van der Waals surface area contributed by atoms with Gasteiger partial charge in [-0.1, -0.05) is 12.8 Å². The van der Waals surface area contributed by atoms with Gasteiger partial charge in [0.1, 0.15) is 6.33 Å². The summed E-state index contributed by atoms with van der Waals surface area (Å²) < 4.78 is 1.62. The van der Waals surface area contributed by atoms with Crippen LogP contribution in [0.5, 0.6) is 0 Å². The molecular weight excluding hydrogens is 134 g/mol. The summed E-state index contributed by atoms with van der Waals surface area (Å²) >= 11 is 4.01. The van der Waals surface area contributed by atoms with Crippen LogP contribution >= 0.6 is 12.8 Å². The Balaban J connectivity index is 2.61. The number of rotatable bonds is 2. The fourth-order valence-electron chi connectivity index (χ4n) is 0.630. The third kappa shape index (κ3) is 1.73. The zero-order valence-electron chi connectivity index (χ0n) is 4.99. The van der Waals surface area contributed by atoms with Crippen molar-refractivity contribution in [3.63, 3.8) is 0 Å². The van der Waals surface area contributed by atoms with E-state index in [1.54, 1.807) is 10.3 Å². The van der Waals surface area contributed by atoms with E-state index in [9.17, 15) is 0 Å². The molecule has 0 saturated heterocycles. The summed E-state index contributed by atoms with van der Waals surface area (Å²) in [6.45, 7) is 0.644. The average Bonchev–Trinajstić information content (AvgIpc) is 2.17. The van der Waals surface area contributed by atoms with E-state index in [1.165, 1.54) is 0 Å². The summed E-state index contributed by atoms with van der Waals surface area (Å²) in [6, 6.07) is 0. The Kier molecular flexibility index (Phi) is 2.13. The number of thiol groups is 1. The monoisotopic (exact) mass is 143 g/mol. The van der Waals surface area contributed by atoms with Gasteiger partial charge in [0.2, 0.25) is 0 Å². The zero-order chi connectivity index (χ0) is 6.69. The standard InChI is InChI=1S/C5H9N3S/c6-2-1-5-3-8(9)4-7-5/h3-4,9H,1-2,6H2. The SMILES string of the molecule is NCCc1cn(S)cn1. The van der Waals surface area contributed by atoms with E-state index in [4.69, 9.17) is 5.73 Å². The van der Waals surface area contributed by atoms with E-state index in [1.807, 2.05) is 6.20 Å². The number of aromatic nitrogens is 2. The summed E-state index contributed by atoms with van der Waals surface area (Å²) in [4.78, 5) is 4.01. The number of hydrogen-bond donors (Lipinski definition) is 2. The average molecular weight is 143 g/mol. The van der Waals surface area contributed by atoms with Crippen molar-refractivity contribution >= 4 is 12.8 Å². The molecule has 0 aliphatic heterocycles. The van der Waals surface area contributed by atoms with Crippen LogP contribution in [0.1, 0.15) is 5.69 Å². The van der Waals surface area contributed by atoms with Gasteiger partial charge in [0.05, 0.1) is 5.69 Å². The normalized spacial score (nSPS) is 10.0. The fraction of sp³-hybridized carbons (Fsp3) is 0.400. The molecule has 0 amide bonds. The van der Waals surface area contributed by atoms with Crippen LogP contribution < -0.4 is 5.73 Å². The van der Waals surface area contributed by atoms with Gasteiger partial charge in [0.15, 0.2) is 0 Å². The Morgan fingerprint density at radius 1 is 1.78 bits per heavy atom. The minimum absolute atomic E-state index is 0.644. The van der Waals surface area contributed by atoms with Gasteiger partial charge in [-0.2, -0.15) is 0 Å². The molecule has 0 atom stereocenters. The number of hydrogen-bond acceptors (Lipinski definition) is 3. The molecule has 0 unspecified atom stereocenters. The highest BCUT2D eigenvalue weighted by Gasteiger charge is 1.92. The maximum atomic E-state index is 5.30. The van der Waals surface area contributed by atoms with Crippen molar-refractivity contribution in [1.29, 1.82) is 0 Å². The maximum absolute atomic E-state index is 5.30. The van der Waals surface area contributed by atoms with Crippen LogP contribution in [-0.4, -0.2) is 15.5 Å². The lowest BCUT2D eigenvalue weighted by Gasteiger charge is -1.86. The van der Waals surface area contributed by atoms with Crippen LogP contribution in [0.15, 0.2) is 12.5 Å². The van der Waals surface area contributed by atoms with E-state index in [-0.39, 0.29) is 0 Å². The smallest absolute Gasteiger partial charge is 0.105 e. The van der Waals surface area contributed by atoms with Gasteiger partial charge >= 0.3 is 0 Å². The third-order valence-corrected chi connectivity index (χ3v) is 1.24. The molecule has 1 rings (SSSR count). The molecule has 1 aromatic rings. The van der Waals surface area contributed by atoms with Gasteiger partial charge in [-0.25, -0.2) is 4.98 Å². The predicted octanol–water partition coefficient (Wildman–Crippen LogP) is 0.0772.